The van der Waals surface area contributed by atoms with Gasteiger partial charge in [0, 0.05) is 156 Å². The lowest BCUT2D eigenvalue weighted by molar-refractivity contribution is -0.130. The number of rotatable bonds is 31. The number of thioether (sulfide) groups is 1. The number of aryl methyl sites for hydroxylation is 6. The number of aromatic nitrogens is 12. The van der Waals surface area contributed by atoms with Crippen molar-refractivity contribution in [2.24, 2.45) is 70.4 Å². The quantitative estimate of drug-likeness (QED) is 0.0279. The van der Waals surface area contributed by atoms with E-state index in [4.69, 9.17) is 21.3 Å². The molecule has 11 amide bonds. The predicted molar refractivity (Wildman–Crippen MR) is 375 cm³/mol. The van der Waals surface area contributed by atoms with E-state index in [-0.39, 0.29) is 153 Å². The highest BCUT2D eigenvalue weighted by molar-refractivity contribution is 8.15. The smallest absolute Gasteiger partial charge is 0.292 e. The van der Waals surface area contributed by atoms with Gasteiger partial charge in [-0.2, -0.15) is 0 Å². The first-order valence-corrected chi connectivity index (χ1v) is 34.5. The highest BCUT2D eigenvalue weighted by Crippen LogP contribution is 2.65. The van der Waals surface area contributed by atoms with Gasteiger partial charge in [-0.1, -0.05) is 23.4 Å². The standard InChI is InChI=1S/C65H79ClN24O12S/c1-84-22-18-68-51(84)61(99)81-44-33-85(2)53(78-44)59(97)70-16-12-48(92)74-42-32-89(6)56(77-42)63(101)83-46-35-87(4)54(80-46)60(98)71-17-13-49(93)75-43-31-88(5)55(76-43)62(100)82-45-34-86(3)52(79-45)58(96)69-15-11-47(91)67-19-23-102-24-20-72-57(95)41-27-50(94)90(64(103-41)73-40-9-7-39(66)8-10-40)21-14-65-28-36-25-37(29-65)38(26-36)30-65/h7-10,18,22,31-38,41H,11-17,19-21,23-30H2,1-6H3,(H,67,91)(H,69,96)(H,70,97)(H,71,98)(H,72,95)(H,74,92)(H,75,93)(H,81,99)(H,82,100)(H,83,101). The molecule has 103 heavy (non-hydrogen) atoms. The van der Waals surface area contributed by atoms with Gasteiger partial charge in [-0.05, 0) is 86.0 Å². The summed E-state index contributed by atoms with van der Waals surface area (Å²) in [5, 5.41) is 26.7. The monoisotopic (exact) mass is 1450 g/mol. The van der Waals surface area contributed by atoms with Crippen LogP contribution in [-0.2, 0) is 71.0 Å². The number of imidazole rings is 6. The van der Waals surface area contributed by atoms with Gasteiger partial charge in [0.05, 0.1) is 24.2 Å². The first-order valence-electron chi connectivity index (χ1n) is 33.3. The molecule has 5 fully saturated rings. The summed E-state index contributed by atoms with van der Waals surface area (Å²) in [5.41, 5.74) is 0.936. The molecule has 3 unspecified atom stereocenters. The zero-order valence-electron chi connectivity index (χ0n) is 57.3. The van der Waals surface area contributed by atoms with E-state index in [0.29, 0.717) is 27.8 Å². The van der Waals surface area contributed by atoms with Gasteiger partial charge in [0.25, 0.3) is 35.4 Å². The molecule has 0 spiro atoms. The third kappa shape index (κ3) is 18.4. The number of carbonyl (C=O) groups is 11. The predicted octanol–water partition coefficient (Wildman–Crippen LogP) is 2.62. The Hall–Kier alpha value is -11.1. The number of aliphatic imine (C=N–C) groups is 1. The maximum Gasteiger partial charge on any atom is 0.292 e. The van der Waals surface area contributed by atoms with E-state index in [2.05, 4.69) is 83.1 Å². The topological polar surface area (TPSA) is 440 Å². The van der Waals surface area contributed by atoms with E-state index in [9.17, 15) is 52.7 Å². The molecule has 7 heterocycles. The molecule has 5 aliphatic rings. The first-order chi connectivity index (χ1) is 49.3. The molecule has 10 N–H and O–H groups in total. The summed E-state index contributed by atoms with van der Waals surface area (Å²) >= 11 is 7.43. The Bertz CT molecular complexity index is 4430. The number of hydrogen-bond acceptors (Lipinski definition) is 20. The van der Waals surface area contributed by atoms with E-state index < -0.39 is 52.5 Å². The highest BCUT2D eigenvalue weighted by atomic mass is 35.5. The molecule has 36 nitrogen and oxygen atoms in total. The largest absolute Gasteiger partial charge is 0.378 e. The van der Waals surface area contributed by atoms with E-state index >= 15 is 0 Å². The summed E-state index contributed by atoms with van der Waals surface area (Å²) in [7, 11) is 9.33. The molecule has 3 atom stereocenters. The first kappa shape index (κ1) is 73.1. The minimum absolute atomic E-state index is 0.00631. The number of amides is 11. The van der Waals surface area contributed by atoms with Gasteiger partial charge < -0.3 is 85.3 Å². The molecule has 4 saturated carbocycles. The summed E-state index contributed by atoms with van der Waals surface area (Å²) in [4.78, 5) is 175. The van der Waals surface area contributed by atoms with Crippen LogP contribution in [0.1, 0.15) is 128 Å². The number of hydrogen-bond donors (Lipinski definition) is 10. The van der Waals surface area contributed by atoms with Crippen LogP contribution in [0, 0.1) is 23.2 Å². The number of benzene rings is 1. The Morgan fingerprint density at radius 1 is 0.524 bits per heavy atom. The summed E-state index contributed by atoms with van der Waals surface area (Å²) < 4.78 is 14.1. The van der Waals surface area contributed by atoms with Crippen molar-refractivity contribution in [3.05, 3.63) is 108 Å². The zero-order valence-corrected chi connectivity index (χ0v) is 58.9. The molecule has 4 aliphatic carbocycles. The molecular formula is C65H79ClN24O12S. The Morgan fingerprint density at radius 2 is 0.951 bits per heavy atom. The summed E-state index contributed by atoms with van der Waals surface area (Å²) in [6.07, 6.45) is 17.1. The van der Waals surface area contributed by atoms with Crippen molar-refractivity contribution >= 4 is 128 Å². The number of nitrogens with zero attached hydrogens (tertiary/aromatic N) is 14. The SMILES string of the molecule is Cn1cc(NC(=O)c2nccn2C)nc1C(=O)NCCC(=O)Nc1cn(C)c(C(=O)Nc2cn(C)c(C(=O)NCCC(=O)Nc3cn(C)c(C(=O)Nc4cn(C)c(C(=O)NCCC(=O)NCCOCCNC(=O)C5CC(=O)N(CCC67CC8CC(C6)C(C8)C7)C(=Nc6ccc(Cl)cc6)S5)n4)n3)n2)n1. The lowest BCUT2D eigenvalue weighted by atomic mass is 9.67. The number of anilines is 5. The summed E-state index contributed by atoms with van der Waals surface area (Å²) in [6, 6.07) is 7.07. The Labute approximate surface area is 598 Å². The number of nitrogens with one attached hydrogen (secondary N) is 10. The minimum atomic E-state index is -0.721. The van der Waals surface area contributed by atoms with Crippen molar-refractivity contribution in [3.63, 3.8) is 0 Å². The van der Waals surface area contributed by atoms with Gasteiger partial charge in [0.15, 0.2) is 40.1 Å². The second-order valence-electron chi connectivity index (χ2n) is 25.8. The number of halogens is 1. The Morgan fingerprint density at radius 3 is 1.40 bits per heavy atom. The van der Waals surface area contributed by atoms with E-state index in [1.807, 2.05) is 0 Å². The Kier molecular flexibility index (Phi) is 22.9. The highest BCUT2D eigenvalue weighted by Gasteiger charge is 2.55. The van der Waals surface area contributed by atoms with Crippen LogP contribution in [-0.4, -0.2) is 190 Å². The maximum absolute atomic E-state index is 13.7. The van der Waals surface area contributed by atoms with Crippen molar-refractivity contribution in [1.82, 2.24) is 88.8 Å². The van der Waals surface area contributed by atoms with Gasteiger partial charge >= 0.3 is 0 Å². The second-order valence-corrected chi connectivity index (χ2v) is 27.4. The number of ether oxygens (including phenoxy) is 1. The van der Waals surface area contributed by atoms with Gasteiger partial charge in [0.1, 0.15) is 0 Å². The lowest BCUT2D eigenvalue weighted by Gasteiger charge is -2.40. The summed E-state index contributed by atoms with van der Waals surface area (Å²) in [6.45, 7) is 0.991. The second kappa shape index (κ2) is 32.3. The van der Waals surface area contributed by atoms with Crippen molar-refractivity contribution in [3.8, 4) is 0 Å². The number of carbonyl (C=O) groups excluding carboxylic acids is 11. The third-order valence-corrected chi connectivity index (χ3v) is 19.5. The fraction of sp³-hybridized carbons (Fsp3) is 0.446. The van der Waals surface area contributed by atoms with Crippen LogP contribution in [0.15, 0.2) is 72.6 Å². The van der Waals surface area contributed by atoms with Crippen molar-refractivity contribution < 1.29 is 57.5 Å². The summed E-state index contributed by atoms with van der Waals surface area (Å²) in [5.74, 6) is -3.30. The third-order valence-electron chi connectivity index (χ3n) is 18.1. The lowest BCUT2D eigenvalue weighted by Crippen LogP contribution is -2.48. The van der Waals surface area contributed by atoms with Gasteiger partial charge in [-0.3, -0.25) is 57.6 Å². The molecule has 1 saturated heterocycles. The molecule has 4 bridgehead atoms. The van der Waals surface area contributed by atoms with Crippen LogP contribution in [0.4, 0.5) is 34.8 Å². The fourth-order valence-corrected chi connectivity index (χ4v) is 14.7. The molecule has 38 heteroatoms. The average Bonchev–Trinajstić information content (AvgIpc) is 1.59. The van der Waals surface area contributed by atoms with Gasteiger partial charge in [-0.15, -0.1) is 0 Å². The van der Waals surface area contributed by atoms with E-state index in [0.717, 1.165) is 24.2 Å². The molecule has 12 rings (SSSR count). The number of amidine groups is 1. The molecule has 6 aromatic heterocycles. The maximum atomic E-state index is 13.7. The molecule has 7 aromatic rings. The van der Waals surface area contributed by atoms with Crippen molar-refractivity contribution in [2.75, 3.05) is 79.1 Å². The molecule has 544 valence electrons. The Balaban J connectivity index is 0.539. The molecule has 0 radical (unpaired) electrons. The van der Waals surface area contributed by atoms with Crippen LogP contribution in [0.25, 0.3) is 0 Å². The zero-order chi connectivity index (χ0) is 73.2. The van der Waals surface area contributed by atoms with Crippen LogP contribution in [0.3, 0.4) is 0 Å². The van der Waals surface area contributed by atoms with E-state index in [1.54, 1.807) is 56.5 Å². The van der Waals surface area contributed by atoms with E-state index in [1.165, 1.54) is 130 Å². The van der Waals surface area contributed by atoms with Crippen LogP contribution >= 0.6 is 23.4 Å². The van der Waals surface area contributed by atoms with Crippen LogP contribution in [0.5, 0.6) is 0 Å². The van der Waals surface area contributed by atoms with Crippen LogP contribution < -0.4 is 53.2 Å². The fourth-order valence-electron chi connectivity index (χ4n) is 13.4. The van der Waals surface area contributed by atoms with Gasteiger partial charge in [-0.25, -0.2) is 34.9 Å². The van der Waals surface area contributed by atoms with Crippen molar-refractivity contribution in [2.45, 2.75) is 69.5 Å². The molecule has 1 aliphatic heterocycles. The molecular weight excluding hydrogens is 1380 g/mol. The minimum Gasteiger partial charge on any atom is -0.378 e. The average molecular weight is 1460 g/mol. The normalized spacial score (nSPS) is 18.3. The van der Waals surface area contributed by atoms with Gasteiger partial charge in [0.2, 0.25) is 58.7 Å². The molecule has 1 aromatic carbocycles. The van der Waals surface area contributed by atoms with Crippen molar-refractivity contribution in [1.29, 1.82) is 0 Å². The van der Waals surface area contributed by atoms with Crippen LogP contribution in [0.2, 0.25) is 5.02 Å².